The van der Waals surface area contributed by atoms with Crippen molar-refractivity contribution in [1.29, 1.82) is 0 Å². The number of thiophene rings is 1. The summed E-state index contributed by atoms with van der Waals surface area (Å²) in [5.74, 6) is 1.01. The Kier molecular flexibility index (Phi) is 5.50. The number of aliphatic imine (C=N–C) groups is 1. The van der Waals surface area contributed by atoms with E-state index >= 15 is 0 Å². The van der Waals surface area contributed by atoms with Crippen molar-refractivity contribution in [3.05, 3.63) is 22.4 Å². The van der Waals surface area contributed by atoms with Crippen LogP contribution in [0.3, 0.4) is 0 Å². The first kappa shape index (κ1) is 17.3. The minimum atomic E-state index is -3.02. The topological polar surface area (TPSA) is 61.8 Å². The van der Waals surface area contributed by atoms with Gasteiger partial charge in [-0.3, -0.25) is 4.99 Å². The summed E-state index contributed by atoms with van der Waals surface area (Å²) in [6, 6.07) is 2.11. The van der Waals surface area contributed by atoms with Crippen LogP contribution in [0.25, 0.3) is 0 Å². The summed E-state index contributed by atoms with van der Waals surface area (Å²) >= 11 is 1.70. The Morgan fingerprint density at radius 3 is 2.86 bits per heavy atom. The molecule has 1 aromatic rings. The minimum absolute atomic E-state index is 0.189. The number of hydrogen-bond donors (Lipinski definition) is 1. The number of nitrogens with zero attached hydrogens (tertiary/aromatic N) is 2. The van der Waals surface area contributed by atoms with Gasteiger partial charge in [0.05, 0.1) is 10.5 Å². The highest BCUT2D eigenvalue weighted by atomic mass is 32.2. The van der Waals surface area contributed by atoms with Gasteiger partial charge in [0, 0.05) is 26.2 Å². The fourth-order valence-electron chi connectivity index (χ4n) is 2.48. The van der Waals surface area contributed by atoms with E-state index in [2.05, 4.69) is 32.0 Å². The molecule has 0 radical (unpaired) electrons. The Labute approximate surface area is 137 Å². The van der Waals surface area contributed by atoms with Gasteiger partial charge in [-0.25, -0.2) is 8.42 Å². The molecule has 124 valence electrons. The lowest BCUT2D eigenvalue weighted by Crippen LogP contribution is -2.57. The van der Waals surface area contributed by atoms with Crippen molar-refractivity contribution in [2.45, 2.75) is 31.9 Å². The summed E-state index contributed by atoms with van der Waals surface area (Å²) < 4.78 is 23.5. The molecule has 2 rings (SSSR count). The summed E-state index contributed by atoms with van der Waals surface area (Å²) in [6.07, 6.45) is 0.911. The molecule has 1 aliphatic rings. The third kappa shape index (κ3) is 4.01. The van der Waals surface area contributed by atoms with Gasteiger partial charge in [-0.2, -0.15) is 11.3 Å². The molecular weight excluding hydrogens is 318 g/mol. The van der Waals surface area contributed by atoms with Gasteiger partial charge in [-0.15, -0.1) is 0 Å². The molecule has 0 saturated carbocycles. The second-order valence-corrected chi connectivity index (χ2v) is 9.64. The van der Waals surface area contributed by atoms with Gasteiger partial charge in [-0.1, -0.05) is 0 Å². The normalized spacial score (nSPS) is 20.9. The maximum absolute atomic E-state index is 12.1. The monoisotopic (exact) mass is 343 g/mol. The first-order valence-electron chi connectivity index (χ1n) is 7.62. The van der Waals surface area contributed by atoms with E-state index in [0.29, 0.717) is 19.6 Å². The molecule has 1 aromatic heterocycles. The van der Waals surface area contributed by atoms with E-state index in [1.807, 2.05) is 6.92 Å². The van der Waals surface area contributed by atoms with Gasteiger partial charge in [0.15, 0.2) is 15.8 Å². The molecule has 1 aliphatic heterocycles. The predicted molar refractivity (Wildman–Crippen MR) is 93.4 cm³/mol. The van der Waals surface area contributed by atoms with E-state index in [0.717, 1.165) is 18.9 Å². The first-order chi connectivity index (χ1) is 10.4. The zero-order valence-corrected chi connectivity index (χ0v) is 15.1. The Morgan fingerprint density at radius 1 is 1.50 bits per heavy atom. The van der Waals surface area contributed by atoms with E-state index in [1.54, 1.807) is 25.2 Å². The number of guanidine groups is 1. The van der Waals surface area contributed by atoms with Gasteiger partial charge >= 0.3 is 0 Å². The van der Waals surface area contributed by atoms with Crippen LogP contribution in [0.1, 0.15) is 26.3 Å². The molecular formula is C15H25N3O2S2. The quantitative estimate of drug-likeness (QED) is 0.668. The highest BCUT2D eigenvalue weighted by molar-refractivity contribution is 7.92. The zero-order chi connectivity index (χ0) is 16.2. The number of hydrogen-bond acceptors (Lipinski definition) is 4. The Bertz CT molecular complexity index is 607. The van der Waals surface area contributed by atoms with Crippen LogP contribution >= 0.6 is 11.3 Å². The van der Waals surface area contributed by atoms with Gasteiger partial charge in [-0.05, 0) is 49.6 Å². The molecule has 0 atom stereocenters. The molecule has 1 fully saturated rings. The highest BCUT2D eigenvalue weighted by Gasteiger charge is 2.40. The van der Waals surface area contributed by atoms with E-state index in [1.165, 1.54) is 5.56 Å². The maximum atomic E-state index is 12.1. The van der Waals surface area contributed by atoms with Gasteiger partial charge in [0.1, 0.15) is 0 Å². The van der Waals surface area contributed by atoms with Crippen molar-refractivity contribution < 1.29 is 8.42 Å². The molecule has 0 bridgehead atoms. The molecule has 0 spiro atoms. The van der Waals surface area contributed by atoms with Crippen LogP contribution in [0.2, 0.25) is 0 Å². The summed E-state index contributed by atoms with van der Waals surface area (Å²) in [5.41, 5.74) is 1.30. The maximum Gasteiger partial charge on any atom is 0.194 e. The van der Waals surface area contributed by atoms with Crippen LogP contribution in [-0.2, 0) is 16.3 Å². The minimum Gasteiger partial charge on any atom is -0.357 e. The molecule has 0 aromatic carbocycles. The van der Waals surface area contributed by atoms with Gasteiger partial charge < -0.3 is 10.2 Å². The van der Waals surface area contributed by atoms with Crippen molar-refractivity contribution in [3.8, 4) is 0 Å². The molecule has 0 amide bonds. The summed E-state index contributed by atoms with van der Waals surface area (Å²) in [4.78, 5) is 6.73. The summed E-state index contributed by atoms with van der Waals surface area (Å²) in [7, 11) is -3.02. The van der Waals surface area contributed by atoms with Crippen molar-refractivity contribution in [2.24, 2.45) is 4.99 Å². The Hall–Kier alpha value is -1.08. The molecule has 5 nitrogen and oxygen atoms in total. The lowest BCUT2D eigenvalue weighted by atomic mass is 10.2. The zero-order valence-electron chi connectivity index (χ0n) is 13.5. The van der Waals surface area contributed by atoms with Crippen LogP contribution in [0, 0.1) is 0 Å². The van der Waals surface area contributed by atoms with Crippen LogP contribution in [0.15, 0.2) is 21.8 Å². The van der Waals surface area contributed by atoms with Gasteiger partial charge in [0.2, 0.25) is 0 Å². The van der Waals surface area contributed by atoms with Crippen molar-refractivity contribution in [1.82, 2.24) is 10.2 Å². The molecule has 1 N–H and O–H groups in total. The average Bonchev–Trinajstić information content (AvgIpc) is 2.94. The Morgan fingerprint density at radius 2 is 2.27 bits per heavy atom. The molecule has 0 unspecified atom stereocenters. The van der Waals surface area contributed by atoms with Crippen LogP contribution in [-0.4, -0.2) is 56.0 Å². The molecule has 1 saturated heterocycles. The van der Waals surface area contributed by atoms with Crippen LogP contribution < -0.4 is 5.32 Å². The number of sulfone groups is 1. The van der Waals surface area contributed by atoms with Crippen LogP contribution in [0.4, 0.5) is 0 Å². The fraction of sp³-hybridized carbons (Fsp3) is 0.667. The lowest BCUT2D eigenvalue weighted by molar-refractivity contribution is 0.353. The third-order valence-electron chi connectivity index (χ3n) is 3.92. The van der Waals surface area contributed by atoms with Crippen molar-refractivity contribution in [3.63, 3.8) is 0 Å². The van der Waals surface area contributed by atoms with E-state index < -0.39 is 14.6 Å². The molecule has 7 heteroatoms. The SMILES string of the molecule is CCNC(=NCCc1ccsc1)N1CCS(=O)(=O)C(C)(C)C1. The highest BCUT2D eigenvalue weighted by Crippen LogP contribution is 2.23. The third-order valence-corrected chi connectivity index (χ3v) is 7.19. The number of rotatable bonds is 4. The summed E-state index contributed by atoms with van der Waals surface area (Å²) in [6.45, 7) is 8.10. The van der Waals surface area contributed by atoms with Crippen molar-refractivity contribution in [2.75, 3.05) is 31.9 Å². The van der Waals surface area contributed by atoms with E-state index in [9.17, 15) is 8.42 Å². The van der Waals surface area contributed by atoms with E-state index in [4.69, 9.17) is 0 Å². The second-order valence-electron chi connectivity index (χ2n) is 6.12. The smallest absolute Gasteiger partial charge is 0.194 e. The largest absolute Gasteiger partial charge is 0.357 e. The molecule has 22 heavy (non-hydrogen) atoms. The van der Waals surface area contributed by atoms with Crippen molar-refractivity contribution >= 4 is 27.1 Å². The fourth-order valence-corrected chi connectivity index (χ4v) is 4.55. The predicted octanol–water partition coefficient (Wildman–Crippen LogP) is 1.77. The molecule has 2 heterocycles. The first-order valence-corrected chi connectivity index (χ1v) is 10.2. The summed E-state index contributed by atoms with van der Waals surface area (Å²) in [5, 5.41) is 7.49. The standard InChI is InChI=1S/C15H25N3O2S2/c1-4-16-14(17-7-5-13-6-9-21-11-13)18-8-10-22(19,20)15(2,3)12-18/h6,9,11H,4-5,7-8,10,12H2,1-3H3,(H,16,17). The lowest BCUT2D eigenvalue weighted by Gasteiger charge is -2.39. The Balaban J connectivity index is 2.04. The van der Waals surface area contributed by atoms with Crippen LogP contribution in [0.5, 0.6) is 0 Å². The second kappa shape index (κ2) is 7.00. The average molecular weight is 344 g/mol. The number of nitrogens with one attached hydrogen (secondary N) is 1. The van der Waals surface area contributed by atoms with Gasteiger partial charge in [0.25, 0.3) is 0 Å². The van der Waals surface area contributed by atoms with E-state index in [-0.39, 0.29) is 5.75 Å². The molecule has 0 aliphatic carbocycles.